The Morgan fingerprint density at radius 2 is 2.31 bits per heavy atom. The maximum absolute atomic E-state index is 12.6. The van der Waals surface area contributed by atoms with E-state index in [2.05, 4.69) is 9.72 Å². The molecule has 6 nitrogen and oxygen atoms in total. The second-order valence-electron chi connectivity index (χ2n) is 2.82. The largest absolute Gasteiger partial charge is 0.480 e. The van der Waals surface area contributed by atoms with Gasteiger partial charge in [-0.2, -0.15) is 0 Å². The highest BCUT2D eigenvalue weighted by atomic mass is 19.3. The number of ether oxygens (including phenoxy) is 1. The lowest BCUT2D eigenvalue weighted by Crippen LogP contribution is -2.07. The van der Waals surface area contributed by atoms with Gasteiger partial charge in [0.05, 0.1) is 17.7 Å². The van der Waals surface area contributed by atoms with Crippen molar-refractivity contribution in [1.29, 1.82) is 0 Å². The van der Waals surface area contributed by atoms with Gasteiger partial charge in [-0.3, -0.25) is 10.1 Å². The number of methoxy groups -OCH3 is 1. The Kier molecular flexibility index (Phi) is 3.67. The fraction of sp³-hybridized carbons (Fsp3) is 0.375. The maximum atomic E-state index is 12.6. The van der Waals surface area contributed by atoms with E-state index in [0.717, 1.165) is 13.2 Å². The second-order valence-corrected chi connectivity index (χ2v) is 2.82. The first kappa shape index (κ1) is 12.2. The van der Waals surface area contributed by atoms with Crippen LogP contribution in [-0.2, 0) is 6.54 Å². The van der Waals surface area contributed by atoms with Gasteiger partial charge in [-0.1, -0.05) is 0 Å². The van der Waals surface area contributed by atoms with Gasteiger partial charge in [-0.25, -0.2) is 13.8 Å². The molecule has 0 saturated carbocycles. The number of nitro groups is 1. The Balaban J connectivity index is 3.47. The van der Waals surface area contributed by atoms with Crippen molar-refractivity contribution in [2.24, 2.45) is 5.73 Å². The minimum absolute atomic E-state index is 0.0965. The third kappa shape index (κ3) is 2.22. The van der Waals surface area contributed by atoms with Crippen LogP contribution in [-0.4, -0.2) is 17.0 Å². The van der Waals surface area contributed by atoms with Crippen molar-refractivity contribution in [2.45, 2.75) is 13.0 Å². The fourth-order valence-electron chi connectivity index (χ4n) is 1.18. The van der Waals surface area contributed by atoms with Crippen LogP contribution in [0.1, 0.15) is 17.7 Å². The highest BCUT2D eigenvalue weighted by Crippen LogP contribution is 2.35. The summed E-state index contributed by atoms with van der Waals surface area (Å²) < 4.78 is 29.8. The van der Waals surface area contributed by atoms with Crippen LogP contribution in [0.5, 0.6) is 5.88 Å². The van der Waals surface area contributed by atoms with Crippen molar-refractivity contribution in [3.8, 4) is 5.88 Å². The van der Waals surface area contributed by atoms with Crippen molar-refractivity contribution in [2.75, 3.05) is 7.11 Å². The summed E-state index contributed by atoms with van der Waals surface area (Å²) in [4.78, 5) is 13.3. The van der Waals surface area contributed by atoms with Gasteiger partial charge in [0.15, 0.2) is 5.56 Å². The first-order chi connectivity index (χ1) is 7.51. The molecular formula is C8H9F2N3O3. The van der Waals surface area contributed by atoms with E-state index in [1.54, 1.807) is 0 Å². The molecule has 2 N–H and O–H groups in total. The number of hydrogen-bond donors (Lipinski definition) is 1. The minimum Gasteiger partial charge on any atom is -0.480 e. The van der Waals surface area contributed by atoms with Crippen LogP contribution in [0.15, 0.2) is 6.07 Å². The summed E-state index contributed by atoms with van der Waals surface area (Å²) in [6, 6.07) is 0.921. The normalized spacial score (nSPS) is 10.6. The molecule has 0 aliphatic rings. The van der Waals surface area contributed by atoms with Gasteiger partial charge in [-0.15, -0.1) is 0 Å². The molecule has 0 aromatic carbocycles. The second kappa shape index (κ2) is 4.79. The predicted octanol–water partition coefficient (Wildman–Crippen LogP) is 1.39. The summed E-state index contributed by atoms with van der Waals surface area (Å²) in [6.07, 6.45) is -3.03. The van der Waals surface area contributed by atoms with Crippen molar-refractivity contribution in [3.63, 3.8) is 0 Å². The molecule has 0 unspecified atom stereocenters. The summed E-state index contributed by atoms with van der Waals surface area (Å²) in [6.45, 7) is -0.0965. The van der Waals surface area contributed by atoms with Crippen LogP contribution in [0.4, 0.5) is 14.5 Å². The van der Waals surface area contributed by atoms with Crippen LogP contribution in [0.2, 0.25) is 0 Å². The minimum atomic E-state index is -3.03. The molecule has 8 heteroatoms. The van der Waals surface area contributed by atoms with E-state index >= 15 is 0 Å². The monoisotopic (exact) mass is 233 g/mol. The van der Waals surface area contributed by atoms with Crippen LogP contribution in [0, 0.1) is 10.1 Å². The highest BCUT2D eigenvalue weighted by molar-refractivity contribution is 5.48. The Morgan fingerprint density at radius 1 is 1.69 bits per heavy atom. The number of alkyl halides is 2. The van der Waals surface area contributed by atoms with E-state index in [9.17, 15) is 18.9 Å². The molecule has 16 heavy (non-hydrogen) atoms. The van der Waals surface area contributed by atoms with Crippen LogP contribution >= 0.6 is 0 Å². The van der Waals surface area contributed by atoms with E-state index < -0.39 is 28.5 Å². The van der Waals surface area contributed by atoms with Crippen LogP contribution in [0.3, 0.4) is 0 Å². The molecule has 0 spiro atoms. The van der Waals surface area contributed by atoms with Gasteiger partial charge in [0.2, 0.25) is 5.88 Å². The standard InChI is InChI=1S/C8H9F2N3O3/c1-16-8-6(7(9)10)5(13(14)15)2-4(3-11)12-8/h2,7H,3,11H2,1H3. The highest BCUT2D eigenvalue weighted by Gasteiger charge is 2.28. The van der Waals surface area contributed by atoms with Gasteiger partial charge in [0, 0.05) is 12.6 Å². The number of hydrogen-bond acceptors (Lipinski definition) is 5. The lowest BCUT2D eigenvalue weighted by molar-refractivity contribution is -0.386. The summed E-state index contributed by atoms with van der Waals surface area (Å²) in [5.41, 5.74) is 3.80. The lowest BCUT2D eigenvalue weighted by atomic mass is 10.2. The number of nitrogens with two attached hydrogens (primary N) is 1. The topological polar surface area (TPSA) is 91.3 Å². The Labute approximate surface area is 89.2 Å². The summed E-state index contributed by atoms with van der Waals surface area (Å²) >= 11 is 0. The molecular weight excluding hydrogens is 224 g/mol. The molecule has 0 fully saturated rings. The average Bonchev–Trinajstić information content (AvgIpc) is 2.26. The molecule has 1 heterocycles. The number of halogens is 2. The molecule has 0 bridgehead atoms. The Morgan fingerprint density at radius 3 is 2.69 bits per heavy atom. The zero-order valence-corrected chi connectivity index (χ0v) is 8.31. The molecule has 1 aromatic rings. The molecule has 0 radical (unpaired) electrons. The molecule has 0 amide bonds. The van der Waals surface area contributed by atoms with Crippen LogP contribution in [0.25, 0.3) is 0 Å². The number of rotatable bonds is 4. The number of pyridine rings is 1. The number of aromatic nitrogens is 1. The predicted molar refractivity (Wildman–Crippen MR) is 50.3 cm³/mol. The van der Waals surface area contributed by atoms with Gasteiger partial charge in [-0.05, 0) is 0 Å². The zero-order chi connectivity index (χ0) is 12.3. The third-order valence-electron chi connectivity index (χ3n) is 1.87. The van der Waals surface area contributed by atoms with E-state index in [0.29, 0.717) is 0 Å². The summed E-state index contributed by atoms with van der Waals surface area (Å²) in [5.74, 6) is -0.468. The summed E-state index contributed by atoms with van der Waals surface area (Å²) in [5, 5.41) is 10.6. The molecule has 0 aliphatic carbocycles. The molecule has 0 aliphatic heterocycles. The van der Waals surface area contributed by atoms with Crippen molar-refractivity contribution < 1.29 is 18.4 Å². The van der Waals surface area contributed by atoms with Gasteiger partial charge < -0.3 is 10.5 Å². The lowest BCUT2D eigenvalue weighted by Gasteiger charge is -2.08. The van der Waals surface area contributed by atoms with Crippen molar-refractivity contribution in [1.82, 2.24) is 4.98 Å². The van der Waals surface area contributed by atoms with E-state index in [1.165, 1.54) is 0 Å². The smallest absolute Gasteiger partial charge is 0.285 e. The van der Waals surface area contributed by atoms with Gasteiger partial charge in [0.1, 0.15) is 0 Å². The maximum Gasteiger partial charge on any atom is 0.285 e. The molecule has 1 rings (SSSR count). The third-order valence-corrected chi connectivity index (χ3v) is 1.87. The SMILES string of the molecule is COc1nc(CN)cc([N+](=O)[O-])c1C(F)F. The zero-order valence-electron chi connectivity index (χ0n) is 8.31. The molecule has 88 valence electrons. The van der Waals surface area contributed by atoms with Crippen molar-refractivity contribution >= 4 is 5.69 Å². The molecule has 0 saturated heterocycles. The van der Waals surface area contributed by atoms with E-state index in [1.807, 2.05) is 0 Å². The summed E-state index contributed by atoms with van der Waals surface area (Å²) in [7, 11) is 1.11. The van der Waals surface area contributed by atoms with E-state index in [4.69, 9.17) is 5.73 Å². The van der Waals surface area contributed by atoms with Crippen LogP contribution < -0.4 is 10.5 Å². The Bertz CT molecular complexity index is 412. The first-order valence-corrected chi connectivity index (χ1v) is 4.21. The van der Waals surface area contributed by atoms with E-state index in [-0.39, 0.29) is 12.2 Å². The molecule has 1 aromatic heterocycles. The quantitative estimate of drug-likeness (QED) is 0.626. The van der Waals surface area contributed by atoms with Gasteiger partial charge >= 0.3 is 0 Å². The van der Waals surface area contributed by atoms with Gasteiger partial charge in [0.25, 0.3) is 12.1 Å². The average molecular weight is 233 g/mol. The fourth-order valence-corrected chi connectivity index (χ4v) is 1.18. The molecule has 0 atom stereocenters. The first-order valence-electron chi connectivity index (χ1n) is 4.21. The number of nitrogens with zero attached hydrogens (tertiary/aromatic N) is 2. The Hall–Kier alpha value is -1.83. The van der Waals surface area contributed by atoms with Crippen molar-refractivity contribution in [3.05, 3.63) is 27.4 Å².